The Bertz CT molecular complexity index is 1240. The van der Waals surface area contributed by atoms with Crippen LogP contribution in [0.2, 0.25) is 6.82 Å². The molecule has 2 aliphatic heterocycles. The lowest BCUT2D eigenvalue weighted by Gasteiger charge is -2.08. The summed E-state index contributed by atoms with van der Waals surface area (Å²) in [6, 6.07) is 8.55. The molecule has 10 heteroatoms. The highest BCUT2D eigenvalue weighted by atomic mass is 16.2. The topological polar surface area (TPSA) is 121 Å². The first kappa shape index (κ1) is 26.2. The maximum atomic E-state index is 12.5. The molecule has 175 valence electrons. The zero-order valence-electron chi connectivity index (χ0n) is 17.3. The van der Waals surface area contributed by atoms with Gasteiger partial charge in [0, 0.05) is 31.1 Å². The van der Waals surface area contributed by atoms with Crippen molar-refractivity contribution in [3.05, 3.63) is 69.8 Å². The van der Waals surface area contributed by atoms with E-state index in [4.69, 9.17) is 0 Å². The van der Waals surface area contributed by atoms with Crippen LogP contribution < -0.4 is 5.32 Å². The maximum absolute atomic E-state index is 12.5. The SMILES string of the molecule is C.C.C[B]N1C(=O)c2ccc(C(=O)NCCC(=O)c3ccc4c(c3)C(=O)N(C)C4=O)cc2C1=O. The van der Waals surface area contributed by atoms with Gasteiger partial charge in [0.25, 0.3) is 25.1 Å². The number of hydrogen-bond acceptors (Lipinski definition) is 6. The Kier molecular flexibility index (Phi) is 7.56. The van der Waals surface area contributed by atoms with Crippen molar-refractivity contribution in [1.82, 2.24) is 15.0 Å². The number of nitrogens with one attached hydrogen (secondary N) is 1. The van der Waals surface area contributed by atoms with Crippen LogP contribution in [-0.2, 0) is 0 Å². The molecule has 9 nitrogen and oxygen atoms in total. The number of carbonyl (C=O) groups is 6. The average molecular weight is 462 g/mol. The lowest BCUT2D eigenvalue weighted by atomic mass is 9.96. The molecule has 2 heterocycles. The van der Waals surface area contributed by atoms with Gasteiger partial charge in [-0.05, 0) is 30.3 Å². The van der Waals surface area contributed by atoms with E-state index in [0.29, 0.717) is 0 Å². The first-order valence-corrected chi connectivity index (χ1v) is 9.84. The fourth-order valence-electron chi connectivity index (χ4n) is 3.71. The van der Waals surface area contributed by atoms with Gasteiger partial charge in [0.15, 0.2) is 5.78 Å². The monoisotopic (exact) mass is 462 g/mol. The summed E-state index contributed by atoms with van der Waals surface area (Å²) in [6.07, 6.45) is -0.0244. The number of amides is 5. The predicted molar refractivity (Wildman–Crippen MR) is 126 cm³/mol. The van der Waals surface area contributed by atoms with Crippen molar-refractivity contribution in [1.29, 1.82) is 0 Å². The van der Waals surface area contributed by atoms with E-state index in [-0.39, 0.29) is 67.0 Å². The molecule has 0 fully saturated rings. The Morgan fingerprint density at radius 3 is 1.94 bits per heavy atom. The molecule has 0 atom stereocenters. The number of nitrogens with zero attached hydrogens (tertiary/aromatic N) is 2. The zero-order chi connectivity index (χ0) is 23.2. The number of rotatable bonds is 6. The van der Waals surface area contributed by atoms with E-state index in [1.807, 2.05) is 0 Å². The molecule has 0 aliphatic carbocycles. The third kappa shape index (κ3) is 4.14. The van der Waals surface area contributed by atoms with Crippen LogP contribution >= 0.6 is 0 Å². The highest BCUT2D eigenvalue weighted by Crippen LogP contribution is 2.24. The predicted octanol–water partition coefficient (Wildman–Crippen LogP) is 2.45. The summed E-state index contributed by atoms with van der Waals surface area (Å²) in [5.74, 6) is -2.59. The Labute approximate surface area is 198 Å². The number of fused-ring (bicyclic) bond motifs is 2. The minimum absolute atomic E-state index is 0. The van der Waals surface area contributed by atoms with Crippen molar-refractivity contribution in [3.63, 3.8) is 0 Å². The lowest BCUT2D eigenvalue weighted by Crippen LogP contribution is -2.31. The van der Waals surface area contributed by atoms with Gasteiger partial charge in [-0.25, -0.2) is 0 Å². The third-order valence-corrected chi connectivity index (χ3v) is 5.49. The summed E-state index contributed by atoms with van der Waals surface area (Å²) in [5, 5.41) is 2.61. The summed E-state index contributed by atoms with van der Waals surface area (Å²) < 4.78 is 0. The number of hydrogen-bond donors (Lipinski definition) is 1. The van der Waals surface area contributed by atoms with Crippen LogP contribution in [0.25, 0.3) is 0 Å². The van der Waals surface area contributed by atoms with Gasteiger partial charge in [0.1, 0.15) is 0 Å². The Morgan fingerprint density at radius 2 is 1.29 bits per heavy atom. The number of ketones is 1. The molecule has 0 bridgehead atoms. The van der Waals surface area contributed by atoms with Gasteiger partial charge in [-0.3, -0.25) is 33.7 Å². The normalized spacial score (nSPS) is 13.7. The summed E-state index contributed by atoms with van der Waals surface area (Å²) >= 11 is 0. The molecule has 0 saturated heterocycles. The van der Waals surface area contributed by atoms with Crippen molar-refractivity contribution in [3.8, 4) is 0 Å². The molecule has 4 rings (SSSR count). The molecular formula is C24H25BN3O6. The summed E-state index contributed by atoms with van der Waals surface area (Å²) in [6.45, 7) is 1.60. The molecule has 2 aliphatic rings. The maximum Gasteiger partial charge on any atom is 0.261 e. The van der Waals surface area contributed by atoms with Crippen LogP contribution in [0.1, 0.15) is 83.4 Å². The number of carbonyl (C=O) groups excluding carboxylic acids is 6. The molecular weight excluding hydrogens is 437 g/mol. The van der Waals surface area contributed by atoms with E-state index in [1.54, 1.807) is 6.82 Å². The molecule has 0 unspecified atom stereocenters. The van der Waals surface area contributed by atoms with Crippen LogP contribution in [0.4, 0.5) is 0 Å². The molecule has 34 heavy (non-hydrogen) atoms. The van der Waals surface area contributed by atoms with Gasteiger partial charge in [-0.1, -0.05) is 27.7 Å². The Hall–Kier alpha value is -4.08. The van der Waals surface area contributed by atoms with Crippen molar-refractivity contribution in [2.45, 2.75) is 28.1 Å². The smallest absolute Gasteiger partial charge is 0.261 e. The first-order valence-electron chi connectivity index (χ1n) is 9.84. The van der Waals surface area contributed by atoms with E-state index in [1.165, 1.54) is 50.9 Å². The molecule has 5 amide bonds. The van der Waals surface area contributed by atoms with E-state index in [9.17, 15) is 28.8 Å². The highest BCUT2D eigenvalue weighted by Gasteiger charge is 2.35. The number of imide groups is 2. The fraction of sp³-hybridized carbons (Fsp3) is 0.250. The quantitative estimate of drug-likeness (QED) is 0.400. The zero-order valence-corrected chi connectivity index (χ0v) is 17.3. The van der Waals surface area contributed by atoms with Crippen LogP contribution in [-0.4, -0.2) is 66.0 Å². The second-order valence-corrected chi connectivity index (χ2v) is 7.36. The largest absolute Gasteiger partial charge is 0.352 e. The van der Waals surface area contributed by atoms with Crippen LogP contribution in [0.3, 0.4) is 0 Å². The minimum Gasteiger partial charge on any atom is -0.352 e. The molecule has 2 aromatic rings. The van der Waals surface area contributed by atoms with Gasteiger partial charge in [0.2, 0.25) is 11.8 Å². The minimum atomic E-state index is -0.493. The molecule has 1 radical (unpaired) electrons. The van der Waals surface area contributed by atoms with Gasteiger partial charge in [-0.2, -0.15) is 0 Å². The average Bonchev–Trinajstić information content (AvgIpc) is 3.17. The van der Waals surface area contributed by atoms with Crippen molar-refractivity contribution < 1.29 is 28.8 Å². The summed E-state index contributed by atoms with van der Waals surface area (Å²) in [5.41, 5.74) is 1.29. The molecule has 0 spiro atoms. The second-order valence-electron chi connectivity index (χ2n) is 7.36. The van der Waals surface area contributed by atoms with E-state index >= 15 is 0 Å². The van der Waals surface area contributed by atoms with Crippen LogP contribution in [0, 0.1) is 0 Å². The first-order chi connectivity index (χ1) is 15.2. The third-order valence-electron chi connectivity index (χ3n) is 5.49. The number of Topliss-reactive ketones (excluding diaryl/α,β-unsaturated/α-hetero) is 1. The van der Waals surface area contributed by atoms with Crippen molar-refractivity contribution in [2.75, 3.05) is 13.6 Å². The summed E-state index contributed by atoms with van der Waals surface area (Å²) in [7, 11) is 2.75. The molecule has 2 aromatic carbocycles. The molecule has 1 N–H and O–H groups in total. The Morgan fingerprint density at radius 1 is 0.794 bits per heavy atom. The highest BCUT2D eigenvalue weighted by molar-refractivity contribution is 6.47. The van der Waals surface area contributed by atoms with Gasteiger partial charge >= 0.3 is 0 Å². The van der Waals surface area contributed by atoms with E-state index < -0.39 is 29.5 Å². The second kappa shape index (κ2) is 9.82. The van der Waals surface area contributed by atoms with Crippen LogP contribution in [0.15, 0.2) is 36.4 Å². The molecule has 0 saturated carbocycles. The van der Waals surface area contributed by atoms with Crippen LogP contribution in [0.5, 0.6) is 0 Å². The standard InChI is InChI=1S/C22H17BN3O6.2CH4/c1-23-26-21(31)14-6-4-12(10-16(14)22(26)32)18(28)24-8-7-17(27)11-3-5-13-15(9-11)20(30)25(2)19(13)29;;/h3-6,9-10H,7-8H2,1-2H3,(H,24,28);2*1H4. The van der Waals surface area contributed by atoms with Gasteiger partial charge in [0.05, 0.1) is 22.3 Å². The number of benzene rings is 2. The lowest BCUT2D eigenvalue weighted by molar-refractivity contribution is 0.0689. The Balaban J connectivity index is 0.00000204. The summed E-state index contributed by atoms with van der Waals surface area (Å²) in [4.78, 5) is 75.3. The van der Waals surface area contributed by atoms with E-state index in [0.717, 1.165) is 9.71 Å². The van der Waals surface area contributed by atoms with E-state index in [2.05, 4.69) is 5.32 Å². The van der Waals surface area contributed by atoms with Crippen molar-refractivity contribution >= 4 is 42.7 Å². The van der Waals surface area contributed by atoms with Gasteiger partial charge in [-0.15, -0.1) is 0 Å². The molecule has 0 aromatic heterocycles. The van der Waals surface area contributed by atoms with Crippen molar-refractivity contribution in [2.24, 2.45) is 0 Å². The fourth-order valence-corrected chi connectivity index (χ4v) is 3.71. The van der Waals surface area contributed by atoms with Gasteiger partial charge < -0.3 is 10.1 Å².